The van der Waals surface area contributed by atoms with Crippen molar-refractivity contribution in [3.05, 3.63) is 59.1 Å². The number of hydrogen-bond acceptors (Lipinski definition) is 6. The Morgan fingerprint density at radius 3 is 2.72 bits per heavy atom. The molecule has 10 heteroatoms. The van der Waals surface area contributed by atoms with Crippen molar-refractivity contribution in [1.29, 1.82) is 0 Å². The van der Waals surface area contributed by atoms with Gasteiger partial charge in [0, 0.05) is 18.7 Å². The van der Waals surface area contributed by atoms with Crippen LogP contribution in [0.5, 0.6) is 5.75 Å². The molecule has 0 spiro atoms. The first-order chi connectivity index (χ1) is 15.5. The number of benzene rings is 2. The number of amides is 1. The third kappa shape index (κ3) is 4.57. The van der Waals surface area contributed by atoms with Gasteiger partial charge in [-0.05, 0) is 55.5 Å². The lowest BCUT2D eigenvalue weighted by atomic mass is 10.2. The summed E-state index contributed by atoms with van der Waals surface area (Å²) in [6.45, 7) is 4.10. The standard InChI is InChI=1S/C22H24FN5O3S/c1-2-30-16-9-7-15(8-10-16)21-25-27(14-26-11-12-31-19(13-26)20(24)29)22(32)28(21)18-6-4-3-5-17(18)23/h3-10,19H,2,11-14H2,1H3,(H2,24,29). The monoisotopic (exact) mass is 457 g/mol. The maximum atomic E-state index is 14.7. The Labute approximate surface area is 190 Å². The fraction of sp³-hybridized carbons (Fsp3) is 0.318. The van der Waals surface area contributed by atoms with Gasteiger partial charge in [0.15, 0.2) is 5.82 Å². The second kappa shape index (κ2) is 9.60. The molecule has 4 rings (SSSR count). The second-order valence-electron chi connectivity index (χ2n) is 7.33. The number of aromatic nitrogens is 3. The van der Waals surface area contributed by atoms with Gasteiger partial charge < -0.3 is 15.2 Å². The molecule has 1 atom stereocenters. The summed E-state index contributed by atoms with van der Waals surface area (Å²) in [5.74, 6) is 0.321. The van der Waals surface area contributed by atoms with Crippen molar-refractivity contribution in [2.45, 2.75) is 19.7 Å². The number of halogens is 1. The fourth-order valence-corrected chi connectivity index (χ4v) is 3.88. The highest BCUT2D eigenvalue weighted by Crippen LogP contribution is 2.26. The first kappa shape index (κ1) is 22.1. The van der Waals surface area contributed by atoms with Crippen LogP contribution in [0.1, 0.15) is 6.92 Å². The highest BCUT2D eigenvalue weighted by molar-refractivity contribution is 7.71. The lowest BCUT2D eigenvalue weighted by molar-refractivity contribution is -0.136. The zero-order valence-electron chi connectivity index (χ0n) is 17.6. The molecular weight excluding hydrogens is 433 g/mol. The van der Waals surface area contributed by atoms with Crippen molar-refractivity contribution < 1.29 is 18.7 Å². The molecule has 2 N–H and O–H groups in total. The van der Waals surface area contributed by atoms with Crippen LogP contribution in [0.25, 0.3) is 17.1 Å². The van der Waals surface area contributed by atoms with Gasteiger partial charge in [-0.2, -0.15) is 0 Å². The zero-order chi connectivity index (χ0) is 22.7. The Balaban J connectivity index is 1.74. The molecule has 1 aromatic heterocycles. The van der Waals surface area contributed by atoms with E-state index >= 15 is 0 Å². The van der Waals surface area contributed by atoms with Crippen LogP contribution in [0.2, 0.25) is 0 Å². The van der Waals surface area contributed by atoms with E-state index in [1.54, 1.807) is 27.4 Å². The minimum atomic E-state index is -0.683. The van der Waals surface area contributed by atoms with Crippen molar-refractivity contribution in [2.75, 3.05) is 26.3 Å². The van der Waals surface area contributed by atoms with Gasteiger partial charge >= 0.3 is 0 Å². The molecule has 0 bridgehead atoms. The number of rotatable bonds is 7. The van der Waals surface area contributed by atoms with Crippen LogP contribution in [0.4, 0.5) is 4.39 Å². The average molecular weight is 458 g/mol. The lowest BCUT2D eigenvalue weighted by Gasteiger charge is -2.30. The van der Waals surface area contributed by atoms with Crippen LogP contribution in [-0.4, -0.2) is 57.6 Å². The predicted octanol–water partition coefficient (Wildman–Crippen LogP) is 2.75. The summed E-state index contributed by atoms with van der Waals surface area (Å²) in [6, 6.07) is 13.8. The Hall–Kier alpha value is -3.08. The quantitative estimate of drug-likeness (QED) is 0.549. The summed E-state index contributed by atoms with van der Waals surface area (Å²) in [5, 5.41) is 4.71. The number of nitrogens with zero attached hydrogens (tertiary/aromatic N) is 4. The Kier molecular flexibility index (Phi) is 6.63. The van der Waals surface area contributed by atoms with Gasteiger partial charge in [0.25, 0.3) is 0 Å². The smallest absolute Gasteiger partial charge is 0.247 e. The third-order valence-corrected chi connectivity index (χ3v) is 5.55. The van der Waals surface area contributed by atoms with Gasteiger partial charge in [-0.1, -0.05) is 12.1 Å². The van der Waals surface area contributed by atoms with Gasteiger partial charge in [0.05, 0.1) is 25.6 Å². The molecule has 1 amide bonds. The lowest BCUT2D eigenvalue weighted by Crippen LogP contribution is -2.48. The van der Waals surface area contributed by atoms with Gasteiger partial charge in [0.2, 0.25) is 10.7 Å². The number of nitrogens with two attached hydrogens (primary N) is 1. The van der Waals surface area contributed by atoms with E-state index in [4.69, 9.17) is 32.5 Å². The molecule has 8 nitrogen and oxygen atoms in total. The SMILES string of the molecule is CCOc1ccc(-c2nn(CN3CCOC(C(N)=O)C3)c(=S)n2-c2ccccc2F)cc1. The summed E-state index contributed by atoms with van der Waals surface area (Å²) in [4.78, 5) is 13.5. The number of hydrogen-bond donors (Lipinski definition) is 1. The van der Waals surface area contributed by atoms with E-state index in [0.717, 1.165) is 11.3 Å². The first-order valence-corrected chi connectivity index (χ1v) is 10.7. The number of carbonyl (C=O) groups excluding carboxylic acids is 1. The van der Waals surface area contributed by atoms with Gasteiger partial charge in [-0.25, -0.2) is 9.07 Å². The molecule has 0 radical (unpaired) electrons. The molecule has 1 unspecified atom stereocenters. The Bertz CT molecular complexity index is 1160. The molecule has 0 saturated carbocycles. The molecule has 1 aliphatic rings. The minimum Gasteiger partial charge on any atom is -0.494 e. The summed E-state index contributed by atoms with van der Waals surface area (Å²) < 4.78 is 29.2. The summed E-state index contributed by atoms with van der Waals surface area (Å²) in [7, 11) is 0. The van der Waals surface area contributed by atoms with E-state index in [1.807, 2.05) is 36.1 Å². The van der Waals surface area contributed by atoms with Gasteiger partial charge in [-0.15, -0.1) is 5.10 Å². The largest absolute Gasteiger partial charge is 0.494 e. The second-order valence-corrected chi connectivity index (χ2v) is 7.70. The zero-order valence-corrected chi connectivity index (χ0v) is 18.4. The summed E-state index contributed by atoms with van der Waals surface area (Å²) in [5.41, 5.74) is 6.47. The van der Waals surface area contributed by atoms with Crippen LogP contribution in [0.3, 0.4) is 0 Å². The third-order valence-electron chi connectivity index (χ3n) is 5.16. The molecular formula is C22H24FN5O3S. The highest BCUT2D eigenvalue weighted by Gasteiger charge is 2.26. The predicted molar refractivity (Wildman–Crippen MR) is 119 cm³/mol. The summed E-state index contributed by atoms with van der Waals surface area (Å²) >= 11 is 5.69. The van der Waals surface area contributed by atoms with E-state index in [9.17, 15) is 9.18 Å². The first-order valence-electron chi connectivity index (χ1n) is 10.3. The van der Waals surface area contributed by atoms with E-state index in [2.05, 4.69) is 0 Å². The van der Waals surface area contributed by atoms with Gasteiger partial charge in [-0.3, -0.25) is 14.3 Å². The fourth-order valence-electron chi connectivity index (χ4n) is 3.60. The molecule has 1 fully saturated rings. The van der Waals surface area contributed by atoms with Crippen LogP contribution in [0, 0.1) is 10.6 Å². The van der Waals surface area contributed by atoms with E-state index in [-0.39, 0.29) is 0 Å². The number of para-hydroxylation sites is 1. The van der Waals surface area contributed by atoms with E-state index < -0.39 is 17.8 Å². The highest BCUT2D eigenvalue weighted by atomic mass is 32.1. The summed E-state index contributed by atoms with van der Waals surface area (Å²) in [6.07, 6.45) is -0.683. The van der Waals surface area contributed by atoms with E-state index in [0.29, 0.717) is 49.3 Å². The van der Waals surface area contributed by atoms with Crippen LogP contribution >= 0.6 is 12.2 Å². The van der Waals surface area contributed by atoms with Crippen LogP contribution in [0.15, 0.2) is 48.5 Å². The number of primary amides is 1. The molecule has 2 heterocycles. The molecule has 2 aromatic carbocycles. The molecule has 168 valence electrons. The van der Waals surface area contributed by atoms with Crippen molar-refractivity contribution >= 4 is 18.1 Å². The molecule has 1 saturated heterocycles. The van der Waals surface area contributed by atoms with Crippen LogP contribution < -0.4 is 10.5 Å². The number of ether oxygens (including phenoxy) is 2. The Morgan fingerprint density at radius 1 is 1.28 bits per heavy atom. The molecule has 0 aliphatic carbocycles. The number of carbonyl (C=O) groups is 1. The van der Waals surface area contributed by atoms with Crippen molar-refractivity contribution in [3.63, 3.8) is 0 Å². The molecule has 3 aromatic rings. The van der Waals surface area contributed by atoms with Crippen LogP contribution in [-0.2, 0) is 16.2 Å². The average Bonchev–Trinajstić information content (AvgIpc) is 3.11. The maximum Gasteiger partial charge on any atom is 0.247 e. The van der Waals surface area contributed by atoms with Crippen molar-refractivity contribution in [1.82, 2.24) is 19.2 Å². The van der Waals surface area contributed by atoms with Crippen molar-refractivity contribution in [3.8, 4) is 22.8 Å². The minimum absolute atomic E-state index is 0.310. The van der Waals surface area contributed by atoms with E-state index in [1.165, 1.54) is 6.07 Å². The molecule has 1 aliphatic heterocycles. The van der Waals surface area contributed by atoms with Gasteiger partial charge in [0.1, 0.15) is 17.7 Å². The molecule has 32 heavy (non-hydrogen) atoms. The maximum absolute atomic E-state index is 14.7. The normalized spacial score (nSPS) is 16.8. The Morgan fingerprint density at radius 2 is 2.03 bits per heavy atom. The topological polar surface area (TPSA) is 87.5 Å². The van der Waals surface area contributed by atoms with Crippen molar-refractivity contribution in [2.24, 2.45) is 5.73 Å². The number of morpholine rings is 1.